The number of para-hydroxylation sites is 1. The Morgan fingerprint density at radius 3 is 2.57 bits per heavy atom. The zero-order valence-electron chi connectivity index (χ0n) is 15.4. The molecule has 0 bridgehead atoms. The number of amides is 1. The van der Waals surface area contributed by atoms with Crippen molar-refractivity contribution in [2.45, 2.75) is 25.2 Å². The quantitative estimate of drug-likeness (QED) is 0.640. The summed E-state index contributed by atoms with van der Waals surface area (Å²) in [6, 6.07) is 13.6. The van der Waals surface area contributed by atoms with Crippen LogP contribution >= 0.6 is 11.6 Å². The van der Waals surface area contributed by atoms with E-state index in [-0.39, 0.29) is 17.1 Å². The predicted molar refractivity (Wildman–Crippen MR) is 108 cm³/mol. The molecule has 1 aromatic heterocycles. The second kappa shape index (κ2) is 8.16. The lowest BCUT2D eigenvalue weighted by Gasteiger charge is -2.10. The molecule has 1 N–H and O–H groups in total. The Hall–Kier alpha value is -2.64. The first-order valence-electron chi connectivity index (χ1n) is 8.58. The summed E-state index contributed by atoms with van der Waals surface area (Å²) >= 11 is 6.01. The molecule has 0 unspecified atom stereocenters. The number of rotatable bonds is 6. The molecule has 1 heterocycles. The molecule has 3 aromatic rings. The van der Waals surface area contributed by atoms with Gasteiger partial charge in [0.05, 0.1) is 27.1 Å². The van der Waals surface area contributed by atoms with Gasteiger partial charge in [-0.15, -0.1) is 0 Å². The Bertz CT molecular complexity index is 1120. The summed E-state index contributed by atoms with van der Waals surface area (Å²) in [4.78, 5) is 12.3. The molecule has 146 valence electrons. The molecule has 0 aliphatic rings. The van der Waals surface area contributed by atoms with Gasteiger partial charge in [-0.3, -0.25) is 4.79 Å². The first-order chi connectivity index (χ1) is 13.3. The highest BCUT2D eigenvalue weighted by molar-refractivity contribution is 7.91. The highest BCUT2D eigenvalue weighted by Crippen LogP contribution is 2.27. The van der Waals surface area contributed by atoms with Crippen LogP contribution in [0.3, 0.4) is 0 Å². The largest absolute Gasteiger partial charge is 0.356 e. The number of sulfone groups is 1. The van der Waals surface area contributed by atoms with Gasteiger partial charge >= 0.3 is 0 Å². The second-order valence-electron chi connectivity index (χ2n) is 6.41. The third kappa shape index (κ3) is 4.61. The lowest BCUT2D eigenvalue weighted by molar-refractivity contribution is -0.115. The van der Waals surface area contributed by atoms with Crippen LogP contribution in [0.1, 0.15) is 17.7 Å². The minimum absolute atomic E-state index is 0.171. The van der Waals surface area contributed by atoms with Crippen molar-refractivity contribution in [3.05, 3.63) is 64.8 Å². The number of carbonyl (C=O) groups excluding carboxylic acids is 1. The van der Waals surface area contributed by atoms with E-state index < -0.39 is 15.7 Å². The lowest BCUT2D eigenvalue weighted by Crippen LogP contribution is -2.18. The van der Waals surface area contributed by atoms with Crippen molar-refractivity contribution in [2.75, 3.05) is 11.1 Å². The van der Waals surface area contributed by atoms with Crippen molar-refractivity contribution in [3.63, 3.8) is 0 Å². The summed E-state index contributed by atoms with van der Waals surface area (Å²) in [5.74, 6) is -0.245. The third-order valence-electron chi connectivity index (χ3n) is 4.18. The molecule has 1 amide bonds. The number of aryl methyl sites for hydroxylation is 2. The first-order valence-corrected chi connectivity index (χ1v) is 10.6. The lowest BCUT2D eigenvalue weighted by atomic mass is 10.1. The summed E-state index contributed by atoms with van der Waals surface area (Å²) < 4.78 is 30.8. The van der Waals surface area contributed by atoms with Crippen molar-refractivity contribution in [2.24, 2.45) is 0 Å². The van der Waals surface area contributed by atoms with E-state index in [0.717, 1.165) is 0 Å². The van der Waals surface area contributed by atoms with Crippen molar-refractivity contribution in [1.29, 1.82) is 0 Å². The Balaban J connectivity index is 1.75. The van der Waals surface area contributed by atoms with E-state index in [1.54, 1.807) is 62.4 Å². The van der Waals surface area contributed by atoms with Crippen LogP contribution in [-0.2, 0) is 14.6 Å². The Morgan fingerprint density at radius 1 is 1.14 bits per heavy atom. The zero-order chi connectivity index (χ0) is 20.3. The van der Waals surface area contributed by atoms with E-state index in [9.17, 15) is 13.2 Å². The molecule has 8 heteroatoms. The third-order valence-corrected chi connectivity index (χ3v) is 6.36. The van der Waals surface area contributed by atoms with Gasteiger partial charge in [0, 0.05) is 18.1 Å². The monoisotopic (exact) mass is 418 g/mol. The highest BCUT2D eigenvalue weighted by Gasteiger charge is 2.20. The molecule has 28 heavy (non-hydrogen) atoms. The average Bonchev–Trinajstić information content (AvgIpc) is 3.09. The number of carbonyl (C=O) groups is 1. The van der Waals surface area contributed by atoms with Gasteiger partial charge in [-0.05, 0) is 37.6 Å². The van der Waals surface area contributed by atoms with Crippen LogP contribution in [0.4, 0.5) is 5.69 Å². The van der Waals surface area contributed by atoms with Crippen LogP contribution in [0.2, 0.25) is 5.02 Å². The van der Waals surface area contributed by atoms with E-state index in [1.165, 1.54) is 0 Å². The van der Waals surface area contributed by atoms with Crippen molar-refractivity contribution >= 4 is 33.0 Å². The van der Waals surface area contributed by atoms with Gasteiger partial charge in [-0.2, -0.15) is 0 Å². The van der Waals surface area contributed by atoms with Gasteiger partial charge in [0.2, 0.25) is 5.91 Å². The number of nitrogens with one attached hydrogen (secondary N) is 1. The second-order valence-corrected chi connectivity index (χ2v) is 8.89. The molecule has 6 nitrogen and oxygen atoms in total. The summed E-state index contributed by atoms with van der Waals surface area (Å²) in [7, 11) is -3.67. The molecule has 0 atom stereocenters. The van der Waals surface area contributed by atoms with Crippen LogP contribution in [0.25, 0.3) is 11.3 Å². The number of anilines is 1. The normalized spacial score (nSPS) is 11.4. The minimum atomic E-state index is -3.67. The van der Waals surface area contributed by atoms with Gasteiger partial charge in [0.15, 0.2) is 15.6 Å². The van der Waals surface area contributed by atoms with Crippen LogP contribution in [0, 0.1) is 13.8 Å². The van der Waals surface area contributed by atoms with Crippen molar-refractivity contribution < 1.29 is 17.7 Å². The van der Waals surface area contributed by atoms with Crippen LogP contribution < -0.4 is 5.32 Å². The Morgan fingerprint density at radius 2 is 1.89 bits per heavy atom. The van der Waals surface area contributed by atoms with E-state index in [1.807, 2.05) is 0 Å². The summed E-state index contributed by atoms with van der Waals surface area (Å²) in [5.41, 5.74) is 2.37. The molecular formula is C20H19ClN2O4S. The molecule has 0 spiro atoms. The topological polar surface area (TPSA) is 89.3 Å². The fourth-order valence-electron chi connectivity index (χ4n) is 2.70. The standard InChI is InChI=1S/C20H19ClN2O4S/c1-13-7-8-15(18-11-14(2)23-27-18)12-19(13)28(25,26)10-9-20(24)22-17-6-4-3-5-16(17)21/h3-8,11-12H,9-10H2,1-2H3,(H,22,24). The maximum absolute atomic E-state index is 12.8. The number of hydrogen-bond donors (Lipinski definition) is 1. The molecule has 3 rings (SSSR count). The van der Waals surface area contributed by atoms with Gasteiger partial charge in [0.1, 0.15) is 0 Å². The molecule has 0 saturated heterocycles. The molecular weight excluding hydrogens is 400 g/mol. The number of nitrogens with zero attached hydrogens (tertiary/aromatic N) is 1. The number of halogens is 1. The van der Waals surface area contributed by atoms with Crippen LogP contribution in [-0.4, -0.2) is 25.2 Å². The van der Waals surface area contributed by atoms with Gasteiger partial charge in [0.25, 0.3) is 0 Å². The SMILES string of the molecule is Cc1cc(-c2ccc(C)c(S(=O)(=O)CCC(=O)Nc3ccccc3Cl)c2)on1. The Kier molecular flexibility index (Phi) is 5.86. The number of benzene rings is 2. The van der Waals surface area contributed by atoms with E-state index in [2.05, 4.69) is 10.5 Å². The van der Waals surface area contributed by atoms with Gasteiger partial charge < -0.3 is 9.84 Å². The molecule has 0 fully saturated rings. The zero-order valence-corrected chi connectivity index (χ0v) is 17.0. The molecule has 0 aliphatic carbocycles. The summed E-state index contributed by atoms with van der Waals surface area (Å²) in [5, 5.41) is 6.85. The van der Waals surface area contributed by atoms with Crippen LogP contribution in [0.5, 0.6) is 0 Å². The summed E-state index contributed by atoms with van der Waals surface area (Å²) in [6.07, 6.45) is -0.182. The molecule has 0 radical (unpaired) electrons. The smallest absolute Gasteiger partial charge is 0.225 e. The highest BCUT2D eigenvalue weighted by atomic mass is 35.5. The fourth-order valence-corrected chi connectivity index (χ4v) is 4.42. The van der Waals surface area contributed by atoms with E-state index >= 15 is 0 Å². The van der Waals surface area contributed by atoms with E-state index in [0.29, 0.717) is 33.3 Å². The van der Waals surface area contributed by atoms with Crippen molar-refractivity contribution in [3.8, 4) is 11.3 Å². The first kappa shape index (κ1) is 20.1. The minimum Gasteiger partial charge on any atom is -0.356 e. The molecule has 0 aliphatic heterocycles. The summed E-state index contributed by atoms with van der Waals surface area (Å²) in [6.45, 7) is 3.50. The van der Waals surface area contributed by atoms with E-state index in [4.69, 9.17) is 16.1 Å². The maximum atomic E-state index is 12.8. The van der Waals surface area contributed by atoms with Gasteiger partial charge in [-0.25, -0.2) is 8.42 Å². The van der Waals surface area contributed by atoms with Gasteiger partial charge in [-0.1, -0.05) is 41.0 Å². The average molecular weight is 419 g/mol. The Labute approximate surface area is 168 Å². The molecule has 0 saturated carbocycles. The number of hydrogen-bond acceptors (Lipinski definition) is 5. The maximum Gasteiger partial charge on any atom is 0.225 e. The molecule has 2 aromatic carbocycles. The van der Waals surface area contributed by atoms with Crippen LogP contribution in [0.15, 0.2) is 57.9 Å². The predicted octanol–water partition coefficient (Wildman–Crippen LogP) is 4.41. The number of aromatic nitrogens is 1. The van der Waals surface area contributed by atoms with Crippen molar-refractivity contribution in [1.82, 2.24) is 5.16 Å². The fraction of sp³-hybridized carbons (Fsp3) is 0.200.